The second-order valence-corrected chi connectivity index (χ2v) is 8.87. The molecular formula is C25H24F4N4O3. The highest BCUT2D eigenvalue weighted by Gasteiger charge is 2.32. The van der Waals surface area contributed by atoms with Crippen LogP contribution in [0, 0.1) is 12.7 Å². The molecule has 2 amide bonds. The van der Waals surface area contributed by atoms with Crippen LogP contribution in [0.1, 0.15) is 42.3 Å². The molecule has 0 atom stereocenters. The van der Waals surface area contributed by atoms with Crippen molar-refractivity contribution in [3.8, 4) is 0 Å². The van der Waals surface area contributed by atoms with E-state index in [0.717, 1.165) is 5.56 Å². The van der Waals surface area contributed by atoms with E-state index in [9.17, 15) is 27.2 Å². The Labute approximate surface area is 204 Å². The molecular weight excluding hydrogens is 480 g/mol. The molecule has 2 aromatic carbocycles. The van der Waals surface area contributed by atoms with Gasteiger partial charge in [-0.1, -0.05) is 18.2 Å². The number of halogens is 4. The number of amides is 2. The highest BCUT2D eigenvalue weighted by Crippen LogP contribution is 2.32. The van der Waals surface area contributed by atoms with E-state index in [-0.39, 0.29) is 17.2 Å². The van der Waals surface area contributed by atoms with E-state index in [1.807, 2.05) is 19.1 Å². The van der Waals surface area contributed by atoms with Crippen molar-refractivity contribution in [1.82, 2.24) is 4.98 Å². The maximum atomic E-state index is 13.8. The smallest absolute Gasteiger partial charge is 0.416 e. The molecule has 0 saturated carbocycles. The number of hydrogen-bond donors (Lipinski definition) is 3. The summed E-state index contributed by atoms with van der Waals surface area (Å²) < 4.78 is 58.4. The number of para-hydroxylation sites is 1. The number of benzene rings is 2. The summed E-state index contributed by atoms with van der Waals surface area (Å²) in [6.07, 6.45) is -4.31. The third-order valence-electron chi connectivity index (χ3n) is 4.67. The topological polar surface area (TPSA) is 92.3 Å². The number of nitrogens with zero attached hydrogens (tertiary/aromatic N) is 1. The van der Waals surface area contributed by atoms with Crippen LogP contribution >= 0.6 is 0 Å². The number of pyridine rings is 1. The van der Waals surface area contributed by atoms with Gasteiger partial charge in [-0.2, -0.15) is 13.2 Å². The Kier molecular flexibility index (Phi) is 7.51. The monoisotopic (exact) mass is 504 g/mol. The standard InChI is InChI=1S/C25H24F4N4O3/c1-14-7-5-6-8-19(14)32-21-20(12-18(13-30-21)31-23(35)36-24(2,3)4)33-22(34)15-9-16(25(27,28)29)11-17(26)10-15/h5-13H,1-4H3,(H,30,32)(H,31,35)(H,33,34). The van der Waals surface area contributed by atoms with Crippen LogP contribution in [0.3, 0.4) is 0 Å². The van der Waals surface area contributed by atoms with Gasteiger partial charge in [-0.3, -0.25) is 10.1 Å². The van der Waals surface area contributed by atoms with Crippen molar-refractivity contribution in [2.75, 3.05) is 16.0 Å². The highest BCUT2D eigenvalue weighted by molar-refractivity contribution is 6.06. The number of aryl methyl sites for hydroxylation is 1. The number of anilines is 4. The quantitative estimate of drug-likeness (QED) is 0.329. The van der Waals surface area contributed by atoms with E-state index < -0.39 is 40.7 Å². The van der Waals surface area contributed by atoms with E-state index in [4.69, 9.17) is 4.74 Å². The van der Waals surface area contributed by atoms with E-state index >= 15 is 0 Å². The number of alkyl halides is 3. The highest BCUT2D eigenvalue weighted by atomic mass is 19.4. The molecule has 0 unspecified atom stereocenters. The molecule has 0 aliphatic rings. The normalized spacial score (nSPS) is 11.6. The number of carbonyl (C=O) groups excluding carboxylic acids is 2. The third kappa shape index (κ3) is 7.17. The van der Waals surface area contributed by atoms with Gasteiger partial charge in [0.05, 0.1) is 23.1 Å². The van der Waals surface area contributed by atoms with Crippen molar-refractivity contribution < 1.29 is 31.9 Å². The molecule has 11 heteroatoms. The lowest BCUT2D eigenvalue weighted by Crippen LogP contribution is -2.27. The molecule has 1 aromatic heterocycles. The Bertz CT molecular complexity index is 1290. The van der Waals surface area contributed by atoms with Crippen LogP contribution in [0.5, 0.6) is 0 Å². The summed E-state index contributed by atoms with van der Waals surface area (Å²) in [4.78, 5) is 29.2. The molecule has 0 fully saturated rings. The Balaban J connectivity index is 1.96. The maximum Gasteiger partial charge on any atom is 0.416 e. The fraction of sp³-hybridized carbons (Fsp3) is 0.240. The van der Waals surface area contributed by atoms with Gasteiger partial charge in [-0.15, -0.1) is 0 Å². The van der Waals surface area contributed by atoms with E-state index in [1.165, 1.54) is 12.3 Å². The largest absolute Gasteiger partial charge is 0.444 e. The van der Waals surface area contributed by atoms with Crippen LogP contribution in [0.25, 0.3) is 0 Å². The van der Waals surface area contributed by atoms with Gasteiger partial charge in [0.25, 0.3) is 5.91 Å². The molecule has 36 heavy (non-hydrogen) atoms. The second kappa shape index (κ2) is 10.2. The van der Waals surface area contributed by atoms with Crippen LogP contribution in [-0.4, -0.2) is 22.6 Å². The zero-order chi connectivity index (χ0) is 26.7. The predicted octanol–water partition coefficient (Wildman–Crippen LogP) is 6.89. The molecule has 1 heterocycles. The molecule has 190 valence electrons. The van der Waals surface area contributed by atoms with Crippen molar-refractivity contribution in [1.29, 1.82) is 0 Å². The Morgan fingerprint density at radius 1 is 0.944 bits per heavy atom. The lowest BCUT2D eigenvalue weighted by molar-refractivity contribution is -0.137. The summed E-state index contributed by atoms with van der Waals surface area (Å²) in [6.45, 7) is 6.88. The van der Waals surface area contributed by atoms with Crippen molar-refractivity contribution in [2.45, 2.75) is 39.5 Å². The van der Waals surface area contributed by atoms with Gasteiger partial charge in [0.2, 0.25) is 0 Å². The lowest BCUT2D eigenvalue weighted by atomic mass is 10.1. The Morgan fingerprint density at radius 3 is 2.28 bits per heavy atom. The Hall–Kier alpha value is -4.15. The van der Waals surface area contributed by atoms with Crippen LogP contribution in [0.2, 0.25) is 0 Å². The van der Waals surface area contributed by atoms with Gasteiger partial charge >= 0.3 is 12.3 Å². The van der Waals surface area contributed by atoms with Gasteiger partial charge in [-0.25, -0.2) is 14.2 Å². The van der Waals surface area contributed by atoms with E-state index in [2.05, 4.69) is 20.9 Å². The summed E-state index contributed by atoms with van der Waals surface area (Å²) in [5, 5.41) is 7.96. The van der Waals surface area contributed by atoms with Crippen molar-refractivity contribution in [2.24, 2.45) is 0 Å². The molecule has 0 aliphatic carbocycles. The van der Waals surface area contributed by atoms with E-state index in [1.54, 1.807) is 32.9 Å². The summed E-state index contributed by atoms with van der Waals surface area (Å²) in [5.74, 6) is -2.09. The number of hydrogen-bond acceptors (Lipinski definition) is 5. The minimum Gasteiger partial charge on any atom is -0.444 e. The molecule has 3 aromatic rings. The van der Waals surface area contributed by atoms with Crippen molar-refractivity contribution in [3.63, 3.8) is 0 Å². The first-order valence-corrected chi connectivity index (χ1v) is 10.7. The summed E-state index contributed by atoms with van der Waals surface area (Å²) in [7, 11) is 0. The van der Waals surface area contributed by atoms with Crippen LogP contribution in [-0.2, 0) is 10.9 Å². The fourth-order valence-electron chi connectivity index (χ4n) is 3.07. The maximum absolute atomic E-state index is 13.8. The minimum absolute atomic E-state index is 0.0228. The summed E-state index contributed by atoms with van der Waals surface area (Å²) in [5.41, 5.74) is -0.946. The molecule has 0 spiro atoms. The minimum atomic E-state index is -4.84. The average molecular weight is 504 g/mol. The first-order valence-electron chi connectivity index (χ1n) is 10.7. The summed E-state index contributed by atoms with van der Waals surface area (Å²) in [6, 6.07) is 10.1. The van der Waals surface area contributed by atoms with Crippen molar-refractivity contribution >= 4 is 34.9 Å². The number of carbonyl (C=O) groups is 2. The molecule has 0 bridgehead atoms. The lowest BCUT2D eigenvalue weighted by Gasteiger charge is -2.20. The SMILES string of the molecule is Cc1ccccc1Nc1ncc(NC(=O)OC(C)(C)C)cc1NC(=O)c1cc(F)cc(C(F)(F)F)c1. The zero-order valence-electron chi connectivity index (χ0n) is 19.9. The van der Waals surface area contributed by atoms with E-state index in [0.29, 0.717) is 23.9 Å². The Morgan fingerprint density at radius 2 is 1.64 bits per heavy atom. The van der Waals surface area contributed by atoms with Crippen LogP contribution in [0.15, 0.2) is 54.7 Å². The number of nitrogens with one attached hydrogen (secondary N) is 3. The number of rotatable bonds is 5. The molecule has 7 nitrogen and oxygen atoms in total. The fourth-order valence-corrected chi connectivity index (χ4v) is 3.07. The summed E-state index contributed by atoms with van der Waals surface area (Å²) >= 11 is 0. The van der Waals surface area contributed by atoms with Gasteiger partial charge in [0.15, 0.2) is 5.82 Å². The number of ether oxygens (including phenoxy) is 1. The first kappa shape index (κ1) is 26.5. The molecule has 3 rings (SSSR count). The van der Waals surface area contributed by atoms with Gasteiger partial charge in [0.1, 0.15) is 11.4 Å². The molecule has 3 N–H and O–H groups in total. The molecule has 0 radical (unpaired) electrons. The van der Waals surface area contributed by atoms with Gasteiger partial charge < -0.3 is 15.4 Å². The number of aromatic nitrogens is 1. The van der Waals surface area contributed by atoms with Crippen LogP contribution < -0.4 is 16.0 Å². The second-order valence-electron chi connectivity index (χ2n) is 8.87. The van der Waals surface area contributed by atoms with Gasteiger partial charge in [-0.05, 0) is 63.6 Å². The molecule has 0 aliphatic heterocycles. The first-order chi connectivity index (χ1) is 16.7. The third-order valence-corrected chi connectivity index (χ3v) is 4.67. The predicted molar refractivity (Wildman–Crippen MR) is 128 cm³/mol. The molecule has 0 saturated heterocycles. The zero-order valence-corrected chi connectivity index (χ0v) is 19.9. The average Bonchev–Trinajstić information content (AvgIpc) is 2.74. The van der Waals surface area contributed by atoms with Crippen LogP contribution in [0.4, 0.5) is 45.2 Å². The van der Waals surface area contributed by atoms with Gasteiger partial charge in [0, 0.05) is 11.3 Å². The van der Waals surface area contributed by atoms with Crippen molar-refractivity contribution in [3.05, 3.63) is 77.2 Å².